The highest BCUT2D eigenvalue weighted by atomic mass is 16.4. The molecule has 28 heavy (non-hydrogen) atoms. The van der Waals surface area contributed by atoms with Gasteiger partial charge in [-0.15, -0.1) is 0 Å². The minimum Gasteiger partial charge on any atom is -0.480 e. The van der Waals surface area contributed by atoms with Crippen LogP contribution in [0.5, 0.6) is 0 Å². The zero-order valence-electron chi connectivity index (χ0n) is 16.4. The van der Waals surface area contributed by atoms with Crippen molar-refractivity contribution >= 4 is 23.7 Å². The summed E-state index contributed by atoms with van der Waals surface area (Å²) in [5.74, 6) is -3.05. The number of nitrogens with two attached hydrogens (primary N) is 2. The molecular weight excluding hydrogens is 370 g/mol. The molecule has 11 heteroatoms. The second-order valence-electron chi connectivity index (χ2n) is 6.94. The molecule has 11 nitrogen and oxygen atoms in total. The van der Waals surface area contributed by atoms with Gasteiger partial charge < -0.3 is 37.6 Å². The van der Waals surface area contributed by atoms with Crippen molar-refractivity contribution in [1.82, 2.24) is 16.0 Å². The second-order valence-corrected chi connectivity index (χ2v) is 6.94. The molecule has 9 N–H and O–H groups in total. The molecule has 0 spiro atoms. The van der Waals surface area contributed by atoms with E-state index in [2.05, 4.69) is 16.0 Å². The Morgan fingerprint density at radius 1 is 1.00 bits per heavy atom. The lowest BCUT2D eigenvalue weighted by Gasteiger charge is -2.23. The number of carboxylic acid groups (broad SMARTS) is 1. The Morgan fingerprint density at radius 2 is 1.64 bits per heavy atom. The van der Waals surface area contributed by atoms with E-state index in [0.717, 1.165) is 0 Å². The van der Waals surface area contributed by atoms with E-state index < -0.39 is 55.0 Å². The predicted octanol–water partition coefficient (Wildman–Crippen LogP) is -2.35. The number of carbonyl (C=O) groups is 4. The summed E-state index contributed by atoms with van der Waals surface area (Å²) in [5, 5.41) is 25.3. The lowest BCUT2D eigenvalue weighted by Crippen LogP contribution is -2.54. The van der Waals surface area contributed by atoms with E-state index in [0.29, 0.717) is 19.4 Å². The van der Waals surface area contributed by atoms with Crippen LogP contribution < -0.4 is 27.4 Å². The van der Waals surface area contributed by atoms with Gasteiger partial charge in [0.05, 0.1) is 13.2 Å². The molecule has 0 saturated carbocycles. The minimum atomic E-state index is -1.16. The minimum absolute atomic E-state index is 0.0500. The number of hydrogen-bond acceptors (Lipinski definition) is 7. The largest absolute Gasteiger partial charge is 0.480 e. The number of amides is 3. The quantitative estimate of drug-likeness (QED) is 0.156. The zero-order chi connectivity index (χ0) is 21.7. The van der Waals surface area contributed by atoms with E-state index in [1.807, 2.05) is 13.8 Å². The molecule has 0 aromatic carbocycles. The summed E-state index contributed by atoms with van der Waals surface area (Å²) in [6.45, 7) is 3.15. The first-order valence-electron chi connectivity index (χ1n) is 9.29. The van der Waals surface area contributed by atoms with E-state index >= 15 is 0 Å². The summed E-state index contributed by atoms with van der Waals surface area (Å²) < 4.78 is 0. The van der Waals surface area contributed by atoms with E-state index in [-0.39, 0.29) is 18.8 Å². The molecule has 0 bridgehead atoms. The van der Waals surface area contributed by atoms with Crippen molar-refractivity contribution < 1.29 is 29.4 Å². The van der Waals surface area contributed by atoms with Crippen molar-refractivity contribution in [3.63, 3.8) is 0 Å². The molecule has 0 saturated heterocycles. The first-order valence-corrected chi connectivity index (χ1v) is 9.29. The van der Waals surface area contributed by atoms with Crippen LogP contribution in [0.3, 0.4) is 0 Å². The lowest BCUT2D eigenvalue weighted by atomic mass is 10.0. The van der Waals surface area contributed by atoms with Crippen molar-refractivity contribution in [3.05, 3.63) is 0 Å². The standard InChI is InChI=1S/C17H33N5O6/c1-10(2)7-13(21-14(24)8-20-15(25)11(19)9-23)16(26)22-12(17(27)28)5-3-4-6-18/h10-13,23H,3-9,18-19H2,1-2H3,(H,20,25)(H,21,24)(H,22,26)(H,27,28). The smallest absolute Gasteiger partial charge is 0.326 e. The summed E-state index contributed by atoms with van der Waals surface area (Å²) >= 11 is 0. The summed E-state index contributed by atoms with van der Waals surface area (Å²) in [7, 11) is 0. The monoisotopic (exact) mass is 403 g/mol. The third-order valence-electron chi connectivity index (χ3n) is 3.88. The van der Waals surface area contributed by atoms with E-state index in [1.54, 1.807) is 0 Å². The van der Waals surface area contributed by atoms with Gasteiger partial charge in [0.1, 0.15) is 18.1 Å². The van der Waals surface area contributed by atoms with Crippen LogP contribution in [-0.4, -0.2) is 71.7 Å². The molecule has 0 aliphatic rings. The molecule has 3 amide bonds. The third kappa shape index (κ3) is 10.8. The highest BCUT2D eigenvalue weighted by molar-refractivity contribution is 5.92. The summed E-state index contributed by atoms with van der Waals surface area (Å²) in [5.41, 5.74) is 10.7. The third-order valence-corrected chi connectivity index (χ3v) is 3.88. The van der Waals surface area contributed by atoms with Crippen molar-refractivity contribution in [2.45, 2.75) is 57.7 Å². The molecule has 0 fully saturated rings. The first kappa shape index (κ1) is 25.8. The first-order chi connectivity index (χ1) is 13.1. The van der Waals surface area contributed by atoms with Gasteiger partial charge >= 0.3 is 5.97 Å². The van der Waals surface area contributed by atoms with Gasteiger partial charge in [-0.1, -0.05) is 13.8 Å². The van der Waals surface area contributed by atoms with Crippen LogP contribution in [-0.2, 0) is 19.2 Å². The molecule has 0 radical (unpaired) electrons. The number of rotatable bonds is 14. The number of nitrogens with one attached hydrogen (secondary N) is 3. The van der Waals surface area contributed by atoms with E-state index in [4.69, 9.17) is 16.6 Å². The van der Waals surface area contributed by atoms with Crippen molar-refractivity contribution in [1.29, 1.82) is 0 Å². The SMILES string of the molecule is CC(C)CC(NC(=O)CNC(=O)C(N)CO)C(=O)NC(CCCCN)C(=O)O. The maximum absolute atomic E-state index is 12.5. The van der Waals surface area contributed by atoms with Crippen LogP contribution in [0, 0.1) is 5.92 Å². The van der Waals surface area contributed by atoms with Crippen LogP contribution >= 0.6 is 0 Å². The average molecular weight is 403 g/mol. The fourth-order valence-electron chi connectivity index (χ4n) is 2.35. The van der Waals surface area contributed by atoms with E-state index in [9.17, 15) is 24.3 Å². The van der Waals surface area contributed by atoms with Gasteiger partial charge in [-0.25, -0.2) is 4.79 Å². The topological polar surface area (TPSA) is 197 Å². The van der Waals surface area contributed by atoms with E-state index in [1.165, 1.54) is 0 Å². The maximum atomic E-state index is 12.5. The number of aliphatic carboxylic acids is 1. The number of aliphatic hydroxyl groups is 1. The van der Waals surface area contributed by atoms with Gasteiger partial charge in [-0.05, 0) is 38.1 Å². The molecule has 0 rings (SSSR count). The summed E-state index contributed by atoms with van der Waals surface area (Å²) in [6.07, 6.45) is 1.71. The highest BCUT2D eigenvalue weighted by Gasteiger charge is 2.27. The molecule has 162 valence electrons. The maximum Gasteiger partial charge on any atom is 0.326 e. The highest BCUT2D eigenvalue weighted by Crippen LogP contribution is 2.07. The van der Waals surface area contributed by atoms with Crippen molar-refractivity contribution in [2.24, 2.45) is 17.4 Å². The fraction of sp³-hybridized carbons (Fsp3) is 0.765. The molecule has 0 aliphatic heterocycles. The molecule has 0 aromatic rings. The van der Waals surface area contributed by atoms with Gasteiger partial charge in [0.2, 0.25) is 17.7 Å². The Morgan fingerprint density at radius 3 is 2.14 bits per heavy atom. The molecular formula is C17H33N5O6. The summed E-state index contributed by atoms with van der Waals surface area (Å²) in [6, 6.07) is -3.17. The molecule has 3 atom stereocenters. The van der Waals surface area contributed by atoms with Crippen LogP contribution in [0.4, 0.5) is 0 Å². The van der Waals surface area contributed by atoms with Gasteiger partial charge in [0.15, 0.2) is 0 Å². The van der Waals surface area contributed by atoms with Crippen molar-refractivity contribution in [2.75, 3.05) is 19.7 Å². The Bertz CT molecular complexity index is 528. The van der Waals surface area contributed by atoms with Crippen LogP contribution in [0.2, 0.25) is 0 Å². The second kappa shape index (κ2) is 13.9. The Labute approximate surface area is 164 Å². The Balaban J connectivity index is 4.84. The van der Waals surface area contributed by atoms with Gasteiger partial charge in [0, 0.05) is 0 Å². The van der Waals surface area contributed by atoms with Gasteiger partial charge in [-0.3, -0.25) is 14.4 Å². The summed E-state index contributed by atoms with van der Waals surface area (Å²) in [4.78, 5) is 47.4. The Kier molecular flexibility index (Phi) is 12.7. The number of hydrogen-bond donors (Lipinski definition) is 7. The van der Waals surface area contributed by atoms with Crippen LogP contribution in [0.15, 0.2) is 0 Å². The molecule has 3 unspecified atom stereocenters. The van der Waals surface area contributed by atoms with Gasteiger partial charge in [0.25, 0.3) is 0 Å². The van der Waals surface area contributed by atoms with Crippen LogP contribution in [0.1, 0.15) is 39.5 Å². The molecule has 0 aromatic heterocycles. The van der Waals surface area contributed by atoms with Crippen molar-refractivity contribution in [3.8, 4) is 0 Å². The fourth-order valence-corrected chi connectivity index (χ4v) is 2.35. The number of carbonyl (C=O) groups excluding carboxylic acids is 3. The predicted molar refractivity (Wildman–Crippen MR) is 102 cm³/mol. The lowest BCUT2D eigenvalue weighted by molar-refractivity contribution is -0.142. The normalized spacial score (nSPS) is 14.1. The molecule has 0 aliphatic carbocycles. The number of unbranched alkanes of at least 4 members (excludes halogenated alkanes) is 1. The number of aliphatic hydroxyl groups excluding tert-OH is 1. The Hall–Kier alpha value is -2.24. The number of carboxylic acids is 1. The average Bonchev–Trinajstić information content (AvgIpc) is 2.63. The van der Waals surface area contributed by atoms with Crippen LogP contribution in [0.25, 0.3) is 0 Å². The molecule has 0 heterocycles. The zero-order valence-corrected chi connectivity index (χ0v) is 16.4. The van der Waals surface area contributed by atoms with Gasteiger partial charge in [-0.2, -0.15) is 0 Å².